The number of aliphatic hydroxyl groups excluding tert-OH is 1. The molecule has 0 aliphatic rings. The van der Waals surface area contributed by atoms with Gasteiger partial charge in [-0.1, -0.05) is 11.6 Å². The van der Waals surface area contributed by atoms with Crippen LogP contribution in [0.25, 0.3) is 0 Å². The van der Waals surface area contributed by atoms with Gasteiger partial charge in [0.25, 0.3) is 0 Å². The fourth-order valence-electron chi connectivity index (χ4n) is 2.24. The summed E-state index contributed by atoms with van der Waals surface area (Å²) in [6.07, 6.45) is -0.696. The van der Waals surface area contributed by atoms with Crippen LogP contribution in [-0.2, 0) is 0 Å². The molecule has 0 radical (unpaired) electrons. The monoisotopic (exact) mass is 525 g/mol. The highest BCUT2D eigenvalue weighted by atomic mass is 127. The summed E-state index contributed by atoms with van der Waals surface area (Å²) < 4.78 is 11.5. The third-order valence-corrected chi connectivity index (χ3v) is 4.75. The molecule has 1 atom stereocenters. The number of aliphatic hydroxyl groups is 1. The van der Waals surface area contributed by atoms with Crippen LogP contribution in [0.15, 0.2) is 35.3 Å². The third-order valence-electron chi connectivity index (χ3n) is 3.42. The smallest absolute Gasteiger partial charge is 0.195 e. The molecule has 3 N–H and O–H groups in total. The lowest BCUT2D eigenvalue weighted by Crippen LogP contribution is -2.31. The largest absolute Gasteiger partial charge is 0.493 e. The standard InChI is InChI=1S/C18H24ClN3O3S.HI/c1-4-20-18(21-11-13(23)16-8-9-17(19)26-16)22-12-6-7-14(24-3)15(10-12)25-5-2;/h6-10,13,23H,4-5,11H2,1-3H3,(H2,20,21,22);1H. The second-order valence-electron chi connectivity index (χ2n) is 5.30. The number of benzene rings is 1. The van der Waals surface area contributed by atoms with Crippen LogP contribution < -0.4 is 20.1 Å². The second kappa shape index (κ2) is 12.3. The molecule has 0 spiro atoms. The molecule has 27 heavy (non-hydrogen) atoms. The van der Waals surface area contributed by atoms with E-state index < -0.39 is 6.10 Å². The summed E-state index contributed by atoms with van der Waals surface area (Å²) in [7, 11) is 1.61. The van der Waals surface area contributed by atoms with Crippen molar-refractivity contribution in [3.63, 3.8) is 0 Å². The van der Waals surface area contributed by atoms with Crippen LogP contribution in [0.1, 0.15) is 24.8 Å². The van der Waals surface area contributed by atoms with Gasteiger partial charge in [-0.3, -0.25) is 0 Å². The topological polar surface area (TPSA) is 75.1 Å². The van der Waals surface area contributed by atoms with Gasteiger partial charge in [-0.05, 0) is 38.1 Å². The molecule has 1 aromatic carbocycles. The van der Waals surface area contributed by atoms with Gasteiger partial charge in [-0.2, -0.15) is 0 Å². The summed E-state index contributed by atoms with van der Waals surface area (Å²) in [6.45, 7) is 5.36. The van der Waals surface area contributed by atoms with Gasteiger partial charge in [0.05, 0.1) is 24.6 Å². The highest BCUT2D eigenvalue weighted by molar-refractivity contribution is 14.0. The number of halogens is 2. The minimum atomic E-state index is -0.696. The first-order chi connectivity index (χ1) is 12.6. The molecule has 2 aromatic rings. The lowest BCUT2D eigenvalue weighted by atomic mass is 10.2. The van der Waals surface area contributed by atoms with Gasteiger partial charge < -0.3 is 25.2 Å². The molecule has 0 saturated heterocycles. The normalized spacial score (nSPS) is 12.1. The zero-order valence-electron chi connectivity index (χ0n) is 15.5. The Bertz CT molecular complexity index is 742. The van der Waals surface area contributed by atoms with Crippen molar-refractivity contribution in [2.24, 2.45) is 4.99 Å². The van der Waals surface area contributed by atoms with Crippen molar-refractivity contribution in [2.75, 3.05) is 32.1 Å². The predicted octanol–water partition coefficient (Wildman–Crippen LogP) is 4.54. The molecular formula is C18H25ClIN3O3S. The minimum absolute atomic E-state index is 0. The first-order valence-corrected chi connectivity index (χ1v) is 9.56. The second-order valence-corrected chi connectivity index (χ2v) is 7.05. The Labute approximate surface area is 186 Å². The third kappa shape index (κ3) is 7.36. The van der Waals surface area contributed by atoms with Crippen LogP contribution in [0.4, 0.5) is 5.69 Å². The van der Waals surface area contributed by atoms with Gasteiger partial charge in [0.15, 0.2) is 17.5 Å². The van der Waals surface area contributed by atoms with Crippen molar-refractivity contribution in [2.45, 2.75) is 20.0 Å². The Balaban J connectivity index is 0.00000364. The van der Waals surface area contributed by atoms with E-state index in [0.717, 1.165) is 10.6 Å². The van der Waals surface area contributed by atoms with E-state index in [4.69, 9.17) is 21.1 Å². The van der Waals surface area contributed by atoms with Crippen molar-refractivity contribution < 1.29 is 14.6 Å². The maximum absolute atomic E-state index is 10.3. The Morgan fingerprint density at radius 2 is 2.04 bits per heavy atom. The van der Waals surface area contributed by atoms with E-state index in [1.807, 2.05) is 38.1 Å². The minimum Gasteiger partial charge on any atom is -0.493 e. The van der Waals surface area contributed by atoms with E-state index >= 15 is 0 Å². The molecule has 1 aromatic heterocycles. The van der Waals surface area contributed by atoms with E-state index in [1.165, 1.54) is 11.3 Å². The van der Waals surface area contributed by atoms with E-state index in [9.17, 15) is 5.11 Å². The molecule has 2 rings (SSSR count). The molecule has 0 saturated carbocycles. The molecule has 150 valence electrons. The molecule has 1 unspecified atom stereocenters. The summed E-state index contributed by atoms with van der Waals surface area (Å²) >= 11 is 7.27. The van der Waals surface area contributed by atoms with Crippen LogP contribution in [0, 0.1) is 0 Å². The van der Waals surface area contributed by atoms with E-state index in [-0.39, 0.29) is 30.5 Å². The zero-order chi connectivity index (χ0) is 18.9. The maximum atomic E-state index is 10.3. The molecule has 0 aliphatic carbocycles. The fourth-order valence-corrected chi connectivity index (χ4v) is 3.28. The fraction of sp³-hybridized carbons (Fsp3) is 0.389. The van der Waals surface area contributed by atoms with Gasteiger partial charge in [-0.25, -0.2) is 4.99 Å². The predicted molar refractivity (Wildman–Crippen MR) is 123 cm³/mol. The number of thiophene rings is 1. The van der Waals surface area contributed by atoms with Gasteiger partial charge >= 0.3 is 0 Å². The number of guanidine groups is 1. The van der Waals surface area contributed by atoms with E-state index in [1.54, 1.807) is 13.2 Å². The van der Waals surface area contributed by atoms with Crippen LogP contribution in [0.5, 0.6) is 11.5 Å². The lowest BCUT2D eigenvalue weighted by molar-refractivity contribution is 0.191. The Morgan fingerprint density at radius 3 is 2.63 bits per heavy atom. The summed E-state index contributed by atoms with van der Waals surface area (Å²) in [6, 6.07) is 9.14. The van der Waals surface area contributed by atoms with E-state index in [2.05, 4.69) is 15.6 Å². The average molecular weight is 526 g/mol. The molecule has 0 fully saturated rings. The number of anilines is 1. The zero-order valence-corrected chi connectivity index (χ0v) is 19.4. The van der Waals surface area contributed by atoms with Crippen molar-refractivity contribution in [1.29, 1.82) is 0 Å². The molecule has 6 nitrogen and oxygen atoms in total. The van der Waals surface area contributed by atoms with Gasteiger partial charge in [0.1, 0.15) is 6.10 Å². The summed E-state index contributed by atoms with van der Waals surface area (Å²) in [5.74, 6) is 1.90. The summed E-state index contributed by atoms with van der Waals surface area (Å²) in [5.41, 5.74) is 0.808. The van der Waals surface area contributed by atoms with Crippen molar-refractivity contribution >= 4 is 58.6 Å². The van der Waals surface area contributed by atoms with Crippen LogP contribution in [-0.4, -0.2) is 37.9 Å². The number of hydrogen-bond acceptors (Lipinski definition) is 5. The van der Waals surface area contributed by atoms with Gasteiger partial charge in [0, 0.05) is 23.2 Å². The SMILES string of the molecule is CCNC(=NCC(O)c1ccc(Cl)s1)Nc1ccc(OC)c(OCC)c1.I. The van der Waals surface area contributed by atoms with Crippen LogP contribution >= 0.6 is 46.9 Å². The molecule has 0 amide bonds. The Morgan fingerprint density at radius 1 is 1.26 bits per heavy atom. The number of ether oxygens (including phenoxy) is 2. The molecule has 0 aliphatic heterocycles. The first kappa shape index (κ1) is 23.8. The lowest BCUT2D eigenvalue weighted by Gasteiger charge is -2.15. The van der Waals surface area contributed by atoms with Crippen LogP contribution in [0.2, 0.25) is 4.34 Å². The maximum Gasteiger partial charge on any atom is 0.195 e. The summed E-state index contributed by atoms with van der Waals surface area (Å²) in [4.78, 5) is 5.24. The van der Waals surface area contributed by atoms with Crippen molar-refractivity contribution in [3.8, 4) is 11.5 Å². The highest BCUT2D eigenvalue weighted by Gasteiger charge is 2.11. The van der Waals surface area contributed by atoms with Crippen LogP contribution in [0.3, 0.4) is 0 Å². The van der Waals surface area contributed by atoms with E-state index in [0.29, 0.717) is 34.9 Å². The van der Waals surface area contributed by atoms with Crippen molar-refractivity contribution in [1.82, 2.24) is 5.32 Å². The number of methoxy groups -OCH3 is 1. The number of nitrogens with zero attached hydrogens (tertiary/aromatic N) is 1. The first-order valence-electron chi connectivity index (χ1n) is 8.36. The number of rotatable bonds is 8. The molecule has 9 heteroatoms. The molecule has 0 bridgehead atoms. The summed E-state index contributed by atoms with van der Waals surface area (Å²) in [5, 5.41) is 16.6. The van der Waals surface area contributed by atoms with Gasteiger partial charge in [-0.15, -0.1) is 35.3 Å². The van der Waals surface area contributed by atoms with Crippen molar-refractivity contribution in [3.05, 3.63) is 39.5 Å². The average Bonchev–Trinajstić information content (AvgIpc) is 3.07. The Kier molecular flexibility index (Phi) is 10.8. The molecule has 1 heterocycles. The number of aliphatic imine (C=N–C) groups is 1. The number of hydrogen-bond donors (Lipinski definition) is 3. The van der Waals surface area contributed by atoms with Gasteiger partial charge in [0.2, 0.25) is 0 Å². The molecular weight excluding hydrogens is 501 g/mol. The Hall–Kier alpha value is -1.23. The highest BCUT2D eigenvalue weighted by Crippen LogP contribution is 2.30. The quantitative estimate of drug-likeness (QED) is 0.268. The number of nitrogens with one attached hydrogen (secondary N) is 2.